The number of rotatable bonds is 7. The Morgan fingerprint density at radius 3 is 2.57 bits per heavy atom. The van der Waals surface area contributed by atoms with Crippen LogP contribution in [0.25, 0.3) is 10.9 Å². The highest BCUT2D eigenvalue weighted by atomic mass is 35.5. The molecule has 0 aliphatic carbocycles. The predicted molar refractivity (Wildman–Crippen MR) is 134 cm³/mol. The number of methoxy groups -OCH3 is 1. The van der Waals surface area contributed by atoms with E-state index in [1.54, 1.807) is 19.2 Å². The van der Waals surface area contributed by atoms with Crippen LogP contribution in [0.4, 0.5) is 20.7 Å². The zero-order valence-electron chi connectivity index (χ0n) is 20.1. The summed E-state index contributed by atoms with van der Waals surface area (Å²) in [7, 11) is 1.58. The number of hydrogen-bond acceptors (Lipinski definition) is 6. The van der Waals surface area contributed by atoms with Gasteiger partial charge in [0.25, 0.3) is 0 Å². The fourth-order valence-electron chi connectivity index (χ4n) is 4.16. The molecule has 10 heteroatoms. The molecule has 4 rings (SSSR count). The number of halogens is 2. The summed E-state index contributed by atoms with van der Waals surface area (Å²) in [5.74, 6) is 1.18. The lowest BCUT2D eigenvalue weighted by atomic mass is 10.1. The zero-order chi connectivity index (χ0) is 24.9. The molecule has 1 aliphatic heterocycles. The Hall–Kier alpha value is -3.33. The number of aromatic nitrogens is 2. The lowest BCUT2D eigenvalue weighted by Crippen LogP contribution is -2.48. The van der Waals surface area contributed by atoms with Gasteiger partial charge in [0.15, 0.2) is 11.5 Å². The number of amides is 2. The molecule has 1 fully saturated rings. The molecule has 1 aromatic heterocycles. The van der Waals surface area contributed by atoms with Crippen molar-refractivity contribution in [2.24, 2.45) is 0 Å². The number of ether oxygens (including phenoxy) is 2. The van der Waals surface area contributed by atoms with Crippen molar-refractivity contribution >= 4 is 40.0 Å². The summed E-state index contributed by atoms with van der Waals surface area (Å²) in [6, 6.07) is 8.10. The predicted octanol–water partition coefficient (Wildman–Crippen LogP) is 5.48. The molecule has 2 heterocycles. The number of piperidine rings is 1. The molecule has 0 radical (unpaired) electrons. The smallest absolute Gasteiger partial charge is 0.319 e. The number of urea groups is 1. The normalized spacial score (nSPS) is 14.1. The number of carbonyl (C=O) groups excluding carboxylic acids is 1. The monoisotopic (exact) mass is 501 g/mol. The van der Waals surface area contributed by atoms with Crippen LogP contribution in [-0.4, -0.2) is 65.2 Å². The lowest BCUT2D eigenvalue weighted by molar-refractivity contribution is 0.0945. The van der Waals surface area contributed by atoms with Crippen molar-refractivity contribution in [1.29, 1.82) is 0 Å². The van der Waals surface area contributed by atoms with E-state index in [0.29, 0.717) is 54.7 Å². The largest absolute Gasteiger partial charge is 0.493 e. The molecule has 1 aliphatic rings. The maximum absolute atomic E-state index is 13.6. The number of nitrogens with zero attached hydrogens (tertiary/aromatic N) is 4. The van der Waals surface area contributed by atoms with Gasteiger partial charge in [0, 0.05) is 56.2 Å². The van der Waals surface area contributed by atoms with Crippen LogP contribution < -0.4 is 14.8 Å². The third kappa shape index (κ3) is 5.51. The molecule has 0 bridgehead atoms. The summed E-state index contributed by atoms with van der Waals surface area (Å²) in [5, 5.41) is 3.91. The quantitative estimate of drug-likeness (QED) is 0.462. The molecule has 0 spiro atoms. The maximum Gasteiger partial charge on any atom is 0.319 e. The van der Waals surface area contributed by atoms with Crippen molar-refractivity contribution in [2.75, 3.05) is 38.6 Å². The van der Waals surface area contributed by atoms with E-state index in [0.717, 1.165) is 18.2 Å². The summed E-state index contributed by atoms with van der Waals surface area (Å²) < 4.78 is 25.5. The molecule has 0 atom stereocenters. The van der Waals surface area contributed by atoms with Gasteiger partial charge in [-0.1, -0.05) is 11.6 Å². The van der Waals surface area contributed by atoms with Crippen LogP contribution in [0.15, 0.2) is 36.7 Å². The Morgan fingerprint density at radius 2 is 1.91 bits per heavy atom. The second kappa shape index (κ2) is 10.9. The highest BCUT2D eigenvalue weighted by Gasteiger charge is 2.27. The molecule has 2 aromatic carbocycles. The molecule has 0 unspecified atom stereocenters. The first kappa shape index (κ1) is 24.8. The highest BCUT2D eigenvalue weighted by molar-refractivity contribution is 6.31. The second-order valence-corrected chi connectivity index (χ2v) is 8.66. The SMILES string of the molecule is CCN(CC)C(=O)N1CCC(Oc2cc3c(Nc4ccc(F)c(Cl)c4)ncnc3cc2OC)CC1. The molecule has 0 saturated carbocycles. The Kier molecular flexibility index (Phi) is 7.75. The number of nitrogens with one attached hydrogen (secondary N) is 1. The number of fused-ring (bicyclic) bond motifs is 1. The Morgan fingerprint density at radius 1 is 1.17 bits per heavy atom. The third-order valence-corrected chi connectivity index (χ3v) is 6.43. The van der Waals surface area contributed by atoms with E-state index in [1.807, 2.05) is 29.7 Å². The van der Waals surface area contributed by atoms with Crippen LogP contribution in [0, 0.1) is 5.82 Å². The standard InChI is InChI=1S/C25H29ClFN5O3/c1-4-31(5-2)25(33)32-10-8-17(9-11-32)35-23-13-18-21(14-22(23)34-3)28-15-29-24(18)30-16-6-7-20(27)19(26)12-16/h6-7,12-15,17H,4-5,8-11H2,1-3H3,(H,28,29,30). The summed E-state index contributed by atoms with van der Waals surface area (Å²) in [4.78, 5) is 25.1. The Bertz CT molecular complexity index is 1200. The van der Waals surface area contributed by atoms with E-state index in [4.69, 9.17) is 21.1 Å². The number of carbonyl (C=O) groups is 1. The van der Waals surface area contributed by atoms with Gasteiger partial charge in [-0.25, -0.2) is 19.2 Å². The van der Waals surface area contributed by atoms with Gasteiger partial charge in [0.05, 0.1) is 17.6 Å². The van der Waals surface area contributed by atoms with Crippen molar-refractivity contribution in [3.8, 4) is 11.5 Å². The first-order valence-corrected chi connectivity index (χ1v) is 12.1. The summed E-state index contributed by atoms with van der Waals surface area (Å²) in [5.41, 5.74) is 1.26. The van der Waals surface area contributed by atoms with Crippen LogP contribution in [0.2, 0.25) is 5.02 Å². The number of anilines is 2. The van der Waals surface area contributed by atoms with E-state index < -0.39 is 5.82 Å². The summed E-state index contributed by atoms with van der Waals surface area (Å²) in [6.07, 6.45) is 2.83. The average molecular weight is 502 g/mol. The topological polar surface area (TPSA) is 79.8 Å². The number of likely N-dealkylation sites (tertiary alicyclic amines) is 1. The third-order valence-electron chi connectivity index (χ3n) is 6.14. The van der Waals surface area contributed by atoms with Gasteiger partial charge in [0.2, 0.25) is 0 Å². The lowest BCUT2D eigenvalue weighted by Gasteiger charge is -2.35. The molecule has 8 nitrogen and oxygen atoms in total. The number of hydrogen-bond donors (Lipinski definition) is 1. The first-order valence-electron chi connectivity index (χ1n) is 11.7. The van der Waals surface area contributed by atoms with Crippen LogP contribution in [-0.2, 0) is 0 Å². The molecular formula is C25H29ClFN5O3. The minimum Gasteiger partial charge on any atom is -0.493 e. The Labute approximate surface area is 209 Å². The molecule has 1 N–H and O–H groups in total. The van der Waals surface area contributed by atoms with Crippen LogP contribution in [0.5, 0.6) is 11.5 Å². The van der Waals surface area contributed by atoms with Crippen LogP contribution in [0.3, 0.4) is 0 Å². The van der Waals surface area contributed by atoms with E-state index in [1.165, 1.54) is 18.5 Å². The molecule has 186 valence electrons. The van der Waals surface area contributed by atoms with Crippen molar-refractivity contribution < 1.29 is 18.7 Å². The molecule has 35 heavy (non-hydrogen) atoms. The molecular weight excluding hydrogens is 473 g/mol. The average Bonchev–Trinajstić information content (AvgIpc) is 2.87. The van der Waals surface area contributed by atoms with E-state index in [-0.39, 0.29) is 17.2 Å². The van der Waals surface area contributed by atoms with Crippen LogP contribution in [0.1, 0.15) is 26.7 Å². The minimum absolute atomic E-state index is 0.0184. The van der Waals surface area contributed by atoms with Gasteiger partial charge in [-0.3, -0.25) is 0 Å². The highest BCUT2D eigenvalue weighted by Crippen LogP contribution is 2.36. The van der Waals surface area contributed by atoms with E-state index >= 15 is 0 Å². The molecule has 2 amide bonds. The molecule has 3 aromatic rings. The van der Waals surface area contributed by atoms with Crippen molar-refractivity contribution in [2.45, 2.75) is 32.8 Å². The second-order valence-electron chi connectivity index (χ2n) is 8.26. The van der Waals surface area contributed by atoms with Crippen molar-refractivity contribution in [3.63, 3.8) is 0 Å². The van der Waals surface area contributed by atoms with Gasteiger partial charge in [-0.2, -0.15) is 0 Å². The van der Waals surface area contributed by atoms with E-state index in [2.05, 4.69) is 15.3 Å². The zero-order valence-corrected chi connectivity index (χ0v) is 20.8. The van der Waals surface area contributed by atoms with Gasteiger partial charge in [0.1, 0.15) is 24.1 Å². The van der Waals surface area contributed by atoms with Crippen molar-refractivity contribution in [1.82, 2.24) is 19.8 Å². The maximum atomic E-state index is 13.6. The first-order chi connectivity index (χ1) is 16.9. The fourth-order valence-corrected chi connectivity index (χ4v) is 4.35. The van der Waals surface area contributed by atoms with Crippen molar-refractivity contribution in [3.05, 3.63) is 47.5 Å². The minimum atomic E-state index is -0.491. The summed E-state index contributed by atoms with van der Waals surface area (Å²) >= 11 is 5.92. The van der Waals surface area contributed by atoms with E-state index in [9.17, 15) is 9.18 Å². The Balaban J connectivity index is 1.53. The van der Waals surface area contributed by atoms with Gasteiger partial charge in [-0.15, -0.1) is 0 Å². The summed E-state index contributed by atoms with van der Waals surface area (Å²) in [6.45, 7) is 6.64. The van der Waals surface area contributed by atoms with Gasteiger partial charge < -0.3 is 24.6 Å². The van der Waals surface area contributed by atoms with Crippen LogP contribution >= 0.6 is 11.6 Å². The molecule has 1 saturated heterocycles. The van der Waals surface area contributed by atoms with Gasteiger partial charge >= 0.3 is 6.03 Å². The van der Waals surface area contributed by atoms with Gasteiger partial charge in [-0.05, 0) is 38.1 Å². The fraction of sp³-hybridized carbons (Fsp3) is 0.400. The number of benzene rings is 2.